The van der Waals surface area contributed by atoms with Crippen LogP contribution in [-0.2, 0) is 9.47 Å². The highest BCUT2D eigenvalue weighted by Gasteiger charge is 2.08. The Kier molecular flexibility index (Phi) is 6.17. The van der Waals surface area contributed by atoms with E-state index in [2.05, 4.69) is 30.6 Å². The predicted molar refractivity (Wildman–Crippen MR) is 81.6 cm³/mol. The molecule has 8 heteroatoms. The molecule has 0 spiro atoms. The van der Waals surface area contributed by atoms with Crippen LogP contribution < -0.4 is 10.6 Å². The predicted octanol–water partition coefficient (Wildman–Crippen LogP) is 1.25. The molecule has 2 aromatic heterocycles. The summed E-state index contributed by atoms with van der Waals surface area (Å²) in [4.78, 5) is 15.9. The number of aromatic amines is 1. The topological polar surface area (TPSA) is 97.0 Å². The third-order valence-corrected chi connectivity index (χ3v) is 2.95. The number of fused-ring (bicyclic) bond motifs is 1. The minimum Gasteiger partial charge on any atom is -0.382 e. The van der Waals surface area contributed by atoms with Gasteiger partial charge >= 0.3 is 0 Å². The summed E-state index contributed by atoms with van der Waals surface area (Å²) in [6.07, 6.45) is 3.61. The number of rotatable bonds is 10. The molecule has 8 nitrogen and oxygen atoms in total. The number of anilines is 2. The Morgan fingerprint density at radius 1 is 1.19 bits per heavy atom. The Labute approximate surface area is 123 Å². The summed E-state index contributed by atoms with van der Waals surface area (Å²) in [5.74, 6) is 1.32. The van der Waals surface area contributed by atoms with Gasteiger partial charge in [0.1, 0.15) is 5.52 Å². The van der Waals surface area contributed by atoms with Crippen LogP contribution >= 0.6 is 0 Å². The van der Waals surface area contributed by atoms with Crippen molar-refractivity contribution in [3.8, 4) is 0 Å². The van der Waals surface area contributed by atoms with Crippen molar-refractivity contribution in [2.24, 2.45) is 0 Å². The lowest BCUT2D eigenvalue weighted by Gasteiger charge is -2.08. The van der Waals surface area contributed by atoms with Gasteiger partial charge in [-0.25, -0.2) is 4.98 Å². The maximum Gasteiger partial charge on any atom is 0.226 e. The number of H-pyrrole nitrogens is 1. The Bertz CT molecular complexity index is 544. The van der Waals surface area contributed by atoms with Gasteiger partial charge in [-0.2, -0.15) is 9.97 Å². The van der Waals surface area contributed by atoms with E-state index in [1.165, 1.54) is 0 Å². The Morgan fingerprint density at radius 3 is 2.90 bits per heavy atom. The summed E-state index contributed by atoms with van der Waals surface area (Å²) in [7, 11) is 3.46. The highest BCUT2D eigenvalue weighted by atomic mass is 16.5. The van der Waals surface area contributed by atoms with Crippen LogP contribution in [-0.4, -0.2) is 60.5 Å². The van der Waals surface area contributed by atoms with E-state index in [0.29, 0.717) is 24.8 Å². The number of methoxy groups -OCH3 is 1. The standard InChI is InChI=1S/C13H22N6O2/c1-14-13-18-11(10-12(19-13)17-9-16-10)15-5-3-4-6-21-8-7-20-2/h9H,3-8H2,1-2H3,(H3,14,15,16,17,18,19). The highest BCUT2D eigenvalue weighted by molar-refractivity contribution is 5.83. The van der Waals surface area contributed by atoms with E-state index in [4.69, 9.17) is 9.47 Å². The van der Waals surface area contributed by atoms with Crippen LogP contribution in [0, 0.1) is 0 Å². The second-order valence-corrected chi connectivity index (χ2v) is 4.49. The zero-order chi connectivity index (χ0) is 14.9. The molecular formula is C13H22N6O2. The molecule has 0 aliphatic heterocycles. The van der Waals surface area contributed by atoms with Crippen molar-refractivity contribution >= 4 is 22.9 Å². The molecule has 0 unspecified atom stereocenters. The summed E-state index contributed by atoms with van der Waals surface area (Å²) in [5.41, 5.74) is 1.48. The molecule has 3 N–H and O–H groups in total. The van der Waals surface area contributed by atoms with Gasteiger partial charge in [-0.15, -0.1) is 0 Å². The number of hydrogen-bond acceptors (Lipinski definition) is 7. The van der Waals surface area contributed by atoms with Crippen LogP contribution in [0.25, 0.3) is 11.2 Å². The van der Waals surface area contributed by atoms with E-state index in [1.807, 2.05) is 0 Å². The van der Waals surface area contributed by atoms with Crippen molar-refractivity contribution in [3.63, 3.8) is 0 Å². The lowest BCUT2D eigenvalue weighted by Crippen LogP contribution is -2.08. The van der Waals surface area contributed by atoms with E-state index < -0.39 is 0 Å². The van der Waals surface area contributed by atoms with Crippen LogP contribution in [0.1, 0.15) is 12.8 Å². The van der Waals surface area contributed by atoms with Gasteiger partial charge in [-0.05, 0) is 12.8 Å². The van der Waals surface area contributed by atoms with Gasteiger partial charge in [0.2, 0.25) is 5.95 Å². The number of nitrogens with zero attached hydrogens (tertiary/aromatic N) is 3. The molecule has 2 rings (SSSR count). The molecule has 116 valence electrons. The molecule has 0 atom stereocenters. The fourth-order valence-electron chi connectivity index (χ4n) is 1.85. The molecule has 2 heterocycles. The molecule has 0 saturated heterocycles. The molecule has 0 aromatic carbocycles. The van der Waals surface area contributed by atoms with Crippen molar-refractivity contribution in [1.29, 1.82) is 0 Å². The quantitative estimate of drug-likeness (QED) is 0.567. The number of imidazole rings is 1. The SMILES string of the molecule is CNc1nc(NCCCCOCCOC)c2[nH]cnc2n1. The molecule has 21 heavy (non-hydrogen) atoms. The van der Waals surface area contributed by atoms with E-state index in [9.17, 15) is 0 Å². The molecule has 2 aromatic rings. The maximum absolute atomic E-state index is 5.42. The monoisotopic (exact) mass is 294 g/mol. The molecule has 0 aliphatic carbocycles. The second-order valence-electron chi connectivity index (χ2n) is 4.49. The fraction of sp³-hybridized carbons (Fsp3) is 0.615. The van der Waals surface area contributed by atoms with Gasteiger partial charge in [0, 0.05) is 27.3 Å². The van der Waals surface area contributed by atoms with Crippen LogP contribution in [0.4, 0.5) is 11.8 Å². The second kappa shape index (κ2) is 8.38. The summed E-state index contributed by atoms with van der Waals surface area (Å²) >= 11 is 0. The van der Waals surface area contributed by atoms with Crippen LogP contribution in [0.5, 0.6) is 0 Å². The van der Waals surface area contributed by atoms with Crippen molar-refractivity contribution in [3.05, 3.63) is 6.33 Å². The Morgan fingerprint density at radius 2 is 2.10 bits per heavy atom. The van der Waals surface area contributed by atoms with E-state index in [-0.39, 0.29) is 0 Å². The largest absolute Gasteiger partial charge is 0.382 e. The fourth-order valence-corrected chi connectivity index (χ4v) is 1.85. The first kappa shape index (κ1) is 15.5. The molecular weight excluding hydrogens is 272 g/mol. The summed E-state index contributed by atoms with van der Waals surface area (Å²) in [6.45, 7) is 2.86. The average Bonchev–Trinajstić information content (AvgIpc) is 2.98. The van der Waals surface area contributed by atoms with Gasteiger partial charge < -0.3 is 25.1 Å². The third kappa shape index (κ3) is 4.54. The lowest BCUT2D eigenvalue weighted by atomic mass is 10.3. The highest BCUT2D eigenvalue weighted by Crippen LogP contribution is 2.18. The maximum atomic E-state index is 5.42. The van der Waals surface area contributed by atoms with E-state index >= 15 is 0 Å². The number of aromatic nitrogens is 4. The smallest absolute Gasteiger partial charge is 0.226 e. The normalized spacial score (nSPS) is 11.0. The van der Waals surface area contributed by atoms with Gasteiger partial charge in [0.05, 0.1) is 19.5 Å². The number of ether oxygens (including phenoxy) is 2. The number of unbranched alkanes of at least 4 members (excludes halogenated alkanes) is 1. The summed E-state index contributed by atoms with van der Waals surface area (Å²) < 4.78 is 10.3. The van der Waals surface area contributed by atoms with Gasteiger partial charge in [-0.3, -0.25) is 0 Å². The van der Waals surface area contributed by atoms with Crippen LogP contribution in [0.15, 0.2) is 6.33 Å². The van der Waals surface area contributed by atoms with Crippen molar-refractivity contribution in [1.82, 2.24) is 19.9 Å². The molecule has 0 fully saturated rings. The van der Waals surface area contributed by atoms with Gasteiger partial charge in [-0.1, -0.05) is 0 Å². The van der Waals surface area contributed by atoms with E-state index in [0.717, 1.165) is 37.3 Å². The number of hydrogen-bond donors (Lipinski definition) is 3. The first-order valence-corrected chi connectivity index (χ1v) is 7.04. The first-order valence-electron chi connectivity index (χ1n) is 7.04. The lowest BCUT2D eigenvalue weighted by molar-refractivity contribution is 0.0691. The van der Waals surface area contributed by atoms with E-state index in [1.54, 1.807) is 20.5 Å². The van der Waals surface area contributed by atoms with Crippen molar-refractivity contribution in [2.45, 2.75) is 12.8 Å². The molecule has 0 bridgehead atoms. The first-order chi connectivity index (χ1) is 10.3. The zero-order valence-corrected chi connectivity index (χ0v) is 12.5. The zero-order valence-electron chi connectivity index (χ0n) is 12.5. The average molecular weight is 294 g/mol. The van der Waals surface area contributed by atoms with Crippen molar-refractivity contribution in [2.75, 3.05) is 51.2 Å². The molecule has 0 aliphatic rings. The van der Waals surface area contributed by atoms with Gasteiger partial charge in [0.25, 0.3) is 0 Å². The molecule has 0 amide bonds. The summed E-state index contributed by atoms with van der Waals surface area (Å²) in [6, 6.07) is 0. The minimum atomic E-state index is 0.556. The third-order valence-electron chi connectivity index (χ3n) is 2.95. The summed E-state index contributed by atoms with van der Waals surface area (Å²) in [5, 5.41) is 6.24. The van der Waals surface area contributed by atoms with Crippen LogP contribution in [0.3, 0.4) is 0 Å². The number of nitrogens with one attached hydrogen (secondary N) is 3. The van der Waals surface area contributed by atoms with Crippen molar-refractivity contribution < 1.29 is 9.47 Å². The Balaban J connectivity index is 1.76. The van der Waals surface area contributed by atoms with Crippen LogP contribution in [0.2, 0.25) is 0 Å². The molecule has 0 saturated carbocycles. The molecule has 0 radical (unpaired) electrons. The Hall–Kier alpha value is -1.93. The minimum absolute atomic E-state index is 0.556. The van der Waals surface area contributed by atoms with Gasteiger partial charge in [0.15, 0.2) is 11.5 Å².